The zero-order valence-corrected chi connectivity index (χ0v) is 11.8. The van der Waals surface area contributed by atoms with Gasteiger partial charge in [-0.1, -0.05) is 33.6 Å². The molecular weight excluding hydrogens is 220 g/mol. The third kappa shape index (κ3) is 3.47. The Morgan fingerprint density at radius 2 is 1.50 bits per heavy atom. The Balaban J connectivity index is 2.66. The van der Waals surface area contributed by atoms with Gasteiger partial charge in [0, 0.05) is 0 Å². The molecule has 0 aliphatic carbocycles. The SMILES string of the molecule is CCCC(C)(CCC)C1CCS(=O)(=O)CC1. The average Bonchev–Trinajstić information content (AvgIpc) is 2.17. The zero-order chi connectivity index (χ0) is 12.2. The average molecular weight is 246 g/mol. The fraction of sp³-hybridized carbons (Fsp3) is 1.00. The smallest absolute Gasteiger partial charge is 0.150 e. The van der Waals surface area contributed by atoms with Gasteiger partial charge in [-0.2, -0.15) is 0 Å². The Hall–Kier alpha value is -0.0500. The van der Waals surface area contributed by atoms with Crippen LogP contribution in [0.25, 0.3) is 0 Å². The van der Waals surface area contributed by atoms with E-state index >= 15 is 0 Å². The minimum absolute atomic E-state index is 0.374. The van der Waals surface area contributed by atoms with Crippen LogP contribution in [0.5, 0.6) is 0 Å². The van der Waals surface area contributed by atoms with E-state index in [4.69, 9.17) is 0 Å². The summed E-state index contributed by atoms with van der Waals surface area (Å²) in [7, 11) is -2.71. The van der Waals surface area contributed by atoms with Crippen LogP contribution in [0, 0.1) is 11.3 Å². The van der Waals surface area contributed by atoms with Gasteiger partial charge >= 0.3 is 0 Å². The molecule has 96 valence electrons. The van der Waals surface area contributed by atoms with Crippen LogP contribution in [0.4, 0.5) is 0 Å². The highest BCUT2D eigenvalue weighted by Gasteiger charge is 2.36. The molecule has 0 aromatic heterocycles. The second-order valence-electron chi connectivity index (χ2n) is 5.58. The number of sulfone groups is 1. The van der Waals surface area contributed by atoms with E-state index in [9.17, 15) is 8.42 Å². The van der Waals surface area contributed by atoms with E-state index < -0.39 is 9.84 Å². The summed E-state index contributed by atoms with van der Waals surface area (Å²) in [4.78, 5) is 0. The molecule has 1 saturated heterocycles. The van der Waals surface area contributed by atoms with Crippen LogP contribution >= 0.6 is 0 Å². The van der Waals surface area contributed by atoms with Crippen LogP contribution in [-0.2, 0) is 9.84 Å². The van der Waals surface area contributed by atoms with Crippen LogP contribution in [0.15, 0.2) is 0 Å². The molecule has 1 heterocycles. The number of hydrogen-bond donors (Lipinski definition) is 0. The van der Waals surface area contributed by atoms with Crippen molar-refractivity contribution in [3.63, 3.8) is 0 Å². The lowest BCUT2D eigenvalue weighted by Crippen LogP contribution is -2.34. The molecule has 3 heteroatoms. The van der Waals surface area contributed by atoms with E-state index in [0.717, 1.165) is 12.8 Å². The van der Waals surface area contributed by atoms with Crippen molar-refractivity contribution in [2.24, 2.45) is 11.3 Å². The van der Waals surface area contributed by atoms with Crippen molar-refractivity contribution < 1.29 is 8.42 Å². The fourth-order valence-electron chi connectivity index (χ4n) is 3.26. The summed E-state index contributed by atoms with van der Waals surface area (Å²) in [6.45, 7) is 6.82. The Morgan fingerprint density at radius 3 is 1.88 bits per heavy atom. The Morgan fingerprint density at radius 1 is 1.06 bits per heavy atom. The normalized spacial score (nSPS) is 22.2. The van der Waals surface area contributed by atoms with Crippen molar-refractivity contribution in [2.45, 2.75) is 59.3 Å². The van der Waals surface area contributed by atoms with Gasteiger partial charge in [0.2, 0.25) is 0 Å². The standard InChI is InChI=1S/C13H26O2S/c1-4-8-13(3,9-5-2)12-6-10-16(14,15)11-7-12/h12H,4-11H2,1-3H3. The summed E-state index contributed by atoms with van der Waals surface area (Å²) in [6.07, 6.45) is 6.67. The van der Waals surface area contributed by atoms with Gasteiger partial charge in [-0.15, -0.1) is 0 Å². The minimum atomic E-state index is -2.71. The molecule has 0 spiro atoms. The van der Waals surface area contributed by atoms with Crippen LogP contribution < -0.4 is 0 Å². The molecule has 0 bridgehead atoms. The first kappa shape index (κ1) is 14.0. The lowest BCUT2D eigenvalue weighted by Gasteiger charge is -2.40. The highest BCUT2D eigenvalue weighted by atomic mass is 32.2. The van der Waals surface area contributed by atoms with E-state index in [1.165, 1.54) is 25.7 Å². The fourth-order valence-corrected chi connectivity index (χ4v) is 4.75. The molecule has 0 aromatic rings. The topological polar surface area (TPSA) is 34.1 Å². The van der Waals surface area contributed by atoms with E-state index in [2.05, 4.69) is 20.8 Å². The molecule has 1 fully saturated rings. The predicted octanol–water partition coefficient (Wildman–Crippen LogP) is 3.42. The van der Waals surface area contributed by atoms with Gasteiger partial charge in [0.15, 0.2) is 0 Å². The summed E-state index contributed by atoms with van der Waals surface area (Å²) in [5.41, 5.74) is 0.374. The molecule has 0 saturated carbocycles. The molecule has 2 nitrogen and oxygen atoms in total. The van der Waals surface area contributed by atoms with Gasteiger partial charge in [-0.25, -0.2) is 8.42 Å². The van der Waals surface area contributed by atoms with Gasteiger partial charge in [0.1, 0.15) is 9.84 Å². The van der Waals surface area contributed by atoms with E-state index in [0.29, 0.717) is 22.8 Å². The maximum absolute atomic E-state index is 11.4. The monoisotopic (exact) mass is 246 g/mol. The van der Waals surface area contributed by atoms with Gasteiger partial charge in [-0.05, 0) is 37.0 Å². The first-order valence-corrected chi connectivity index (χ1v) is 8.46. The van der Waals surface area contributed by atoms with E-state index in [-0.39, 0.29) is 0 Å². The molecule has 16 heavy (non-hydrogen) atoms. The van der Waals surface area contributed by atoms with E-state index in [1.54, 1.807) is 0 Å². The van der Waals surface area contributed by atoms with Gasteiger partial charge < -0.3 is 0 Å². The van der Waals surface area contributed by atoms with Crippen molar-refractivity contribution in [1.82, 2.24) is 0 Å². The number of rotatable bonds is 5. The largest absolute Gasteiger partial charge is 0.229 e. The Kier molecular flexibility index (Phi) is 4.84. The second kappa shape index (κ2) is 5.52. The molecular formula is C13H26O2S. The third-order valence-electron chi connectivity index (χ3n) is 4.18. The van der Waals surface area contributed by atoms with Crippen molar-refractivity contribution in [1.29, 1.82) is 0 Å². The summed E-state index contributed by atoms with van der Waals surface area (Å²) in [6, 6.07) is 0. The Bertz CT molecular complexity index is 286. The van der Waals surface area contributed by atoms with Crippen molar-refractivity contribution in [3.8, 4) is 0 Å². The summed E-state index contributed by atoms with van der Waals surface area (Å²) >= 11 is 0. The molecule has 0 amide bonds. The number of hydrogen-bond acceptors (Lipinski definition) is 2. The van der Waals surface area contributed by atoms with Crippen molar-refractivity contribution >= 4 is 9.84 Å². The Labute approximate surface area is 101 Å². The maximum atomic E-state index is 11.4. The van der Waals surface area contributed by atoms with Gasteiger partial charge in [0.25, 0.3) is 0 Å². The van der Waals surface area contributed by atoms with Crippen molar-refractivity contribution in [3.05, 3.63) is 0 Å². The molecule has 0 atom stereocenters. The molecule has 0 N–H and O–H groups in total. The van der Waals surface area contributed by atoms with Crippen molar-refractivity contribution in [2.75, 3.05) is 11.5 Å². The van der Waals surface area contributed by atoms with Gasteiger partial charge in [0.05, 0.1) is 11.5 Å². The molecule has 0 unspecified atom stereocenters. The lowest BCUT2D eigenvalue weighted by atomic mass is 9.68. The molecule has 1 rings (SSSR count). The molecule has 1 aliphatic rings. The highest BCUT2D eigenvalue weighted by molar-refractivity contribution is 7.91. The van der Waals surface area contributed by atoms with Gasteiger partial charge in [-0.3, -0.25) is 0 Å². The first-order chi connectivity index (χ1) is 7.43. The molecule has 1 aliphatic heterocycles. The molecule has 0 aromatic carbocycles. The lowest BCUT2D eigenvalue weighted by molar-refractivity contribution is 0.138. The highest BCUT2D eigenvalue weighted by Crippen LogP contribution is 2.43. The summed E-state index contributed by atoms with van der Waals surface area (Å²) in [5, 5.41) is 0. The maximum Gasteiger partial charge on any atom is 0.150 e. The molecule has 0 radical (unpaired) electrons. The van der Waals surface area contributed by atoms with Crippen LogP contribution in [0.3, 0.4) is 0 Å². The summed E-state index contributed by atoms with van der Waals surface area (Å²) in [5.74, 6) is 1.46. The van der Waals surface area contributed by atoms with E-state index in [1.807, 2.05) is 0 Å². The van der Waals surface area contributed by atoms with Crippen LogP contribution in [-0.4, -0.2) is 19.9 Å². The first-order valence-electron chi connectivity index (χ1n) is 6.64. The predicted molar refractivity (Wildman–Crippen MR) is 69.3 cm³/mol. The third-order valence-corrected chi connectivity index (χ3v) is 5.90. The van der Waals surface area contributed by atoms with Crippen LogP contribution in [0.1, 0.15) is 59.3 Å². The van der Waals surface area contributed by atoms with Crippen LogP contribution in [0.2, 0.25) is 0 Å². The minimum Gasteiger partial charge on any atom is -0.229 e. The zero-order valence-electron chi connectivity index (χ0n) is 11.0. The summed E-state index contributed by atoms with van der Waals surface area (Å²) < 4.78 is 22.9. The quantitative estimate of drug-likeness (QED) is 0.745. The second-order valence-corrected chi connectivity index (χ2v) is 7.88.